The molecule has 2 heterocycles. The maximum Gasteiger partial charge on any atom is 0.434 e. The standard InChI is InChI=1S/C9H8F3N3S/c1-5-6(3-13-15(5)2)8-14-7(4-16-8)9(10,11)12/h3-4H,1-2H3. The van der Waals surface area contributed by atoms with Crippen LogP contribution in [-0.2, 0) is 13.2 Å². The zero-order chi connectivity index (χ0) is 11.9. The Kier molecular flexibility index (Phi) is 2.49. The lowest BCUT2D eigenvalue weighted by molar-refractivity contribution is -0.140. The van der Waals surface area contributed by atoms with Crippen molar-refractivity contribution in [3.63, 3.8) is 0 Å². The SMILES string of the molecule is Cc1c(-c2nc(C(F)(F)F)cs2)cnn1C. The molecule has 0 aliphatic carbocycles. The van der Waals surface area contributed by atoms with E-state index in [1.54, 1.807) is 18.7 Å². The van der Waals surface area contributed by atoms with E-state index >= 15 is 0 Å². The Hall–Kier alpha value is -1.37. The van der Waals surface area contributed by atoms with Gasteiger partial charge in [-0.25, -0.2) is 4.98 Å². The van der Waals surface area contributed by atoms with Gasteiger partial charge >= 0.3 is 6.18 Å². The second-order valence-electron chi connectivity index (χ2n) is 3.30. The second-order valence-corrected chi connectivity index (χ2v) is 4.16. The molecule has 0 saturated heterocycles. The molecule has 2 rings (SSSR count). The predicted molar refractivity (Wildman–Crippen MR) is 54.1 cm³/mol. The fourth-order valence-corrected chi connectivity index (χ4v) is 2.12. The lowest BCUT2D eigenvalue weighted by atomic mass is 10.3. The zero-order valence-corrected chi connectivity index (χ0v) is 9.35. The van der Waals surface area contributed by atoms with Crippen molar-refractivity contribution < 1.29 is 13.2 Å². The molecule has 0 aromatic carbocycles. The molecule has 0 atom stereocenters. The molecule has 0 N–H and O–H groups in total. The van der Waals surface area contributed by atoms with Gasteiger partial charge in [0.25, 0.3) is 0 Å². The third-order valence-electron chi connectivity index (χ3n) is 2.26. The van der Waals surface area contributed by atoms with Gasteiger partial charge in [0, 0.05) is 18.1 Å². The van der Waals surface area contributed by atoms with Crippen LogP contribution in [0.4, 0.5) is 13.2 Å². The van der Waals surface area contributed by atoms with Crippen LogP contribution in [0, 0.1) is 6.92 Å². The Morgan fingerprint density at radius 3 is 2.50 bits per heavy atom. The van der Waals surface area contributed by atoms with Gasteiger partial charge < -0.3 is 0 Å². The smallest absolute Gasteiger partial charge is 0.272 e. The van der Waals surface area contributed by atoms with Crippen LogP contribution in [0.1, 0.15) is 11.4 Å². The summed E-state index contributed by atoms with van der Waals surface area (Å²) in [5, 5.41) is 5.33. The number of halogens is 3. The number of hydrogen-bond acceptors (Lipinski definition) is 3. The fraction of sp³-hybridized carbons (Fsp3) is 0.333. The van der Waals surface area contributed by atoms with Gasteiger partial charge in [-0.2, -0.15) is 18.3 Å². The first-order chi connectivity index (χ1) is 7.39. The van der Waals surface area contributed by atoms with Crippen molar-refractivity contribution >= 4 is 11.3 Å². The molecule has 0 radical (unpaired) electrons. The first kappa shape index (κ1) is 11.1. The predicted octanol–water partition coefficient (Wildman–Crippen LogP) is 2.87. The van der Waals surface area contributed by atoms with Gasteiger partial charge in [0.2, 0.25) is 0 Å². The Morgan fingerprint density at radius 1 is 1.38 bits per heavy atom. The van der Waals surface area contributed by atoms with E-state index in [-0.39, 0.29) is 0 Å². The topological polar surface area (TPSA) is 30.7 Å². The summed E-state index contributed by atoms with van der Waals surface area (Å²) in [5.41, 5.74) is 0.585. The Bertz CT molecular complexity index is 512. The maximum atomic E-state index is 12.3. The summed E-state index contributed by atoms with van der Waals surface area (Å²) >= 11 is 0.973. The summed E-state index contributed by atoms with van der Waals surface area (Å²) in [6, 6.07) is 0. The minimum atomic E-state index is -4.38. The lowest BCUT2D eigenvalue weighted by Gasteiger charge is -2.00. The maximum absolute atomic E-state index is 12.3. The highest BCUT2D eigenvalue weighted by Gasteiger charge is 2.34. The van der Waals surface area contributed by atoms with Crippen LogP contribution in [0.5, 0.6) is 0 Å². The third kappa shape index (κ3) is 1.82. The average Bonchev–Trinajstić information content (AvgIpc) is 2.74. The van der Waals surface area contributed by atoms with Crippen LogP contribution in [0.2, 0.25) is 0 Å². The van der Waals surface area contributed by atoms with Crippen LogP contribution in [0.25, 0.3) is 10.6 Å². The highest BCUT2D eigenvalue weighted by Crippen LogP contribution is 2.34. The van der Waals surface area contributed by atoms with Gasteiger partial charge in [0.1, 0.15) is 5.01 Å². The molecule has 0 unspecified atom stereocenters. The van der Waals surface area contributed by atoms with Crippen LogP contribution < -0.4 is 0 Å². The molecule has 0 amide bonds. The number of hydrogen-bond donors (Lipinski definition) is 0. The van der Waals surface area contributed by atoms with Crippen molar-refractivity contribution in [2.45, 2.75) is 13.1 Å². The number of aryl methyl sites for hydroxylation is 1. The third-order valence-corrected chi connectivity index (χ3v) is 3.14. The van der Waals surface area contributed by atoms with E-state index in [9.17, 15) is 13.2 Å². The summed E-state index contributed by atoms with van der Waals surface area (Å²) < 4.78 is 38.6. The zero-order valence-electron chi connectivity index (χ0n) is 8.54. The van der Waals surface area contributed by atoms with Gasteiger partial charge in [0.15, 0.2) is 5.69 Å². The van der Waals surface area contributed by atoms with Crippen molar-refractivity contribution in [1.29, 1.82) is 0 Å². The molecule has 0 saturated carbocycles. The summed E-state index contributed by atoms with van der Waals surface area (Å²) in [5.74, 6) is 0. The normalized spacial score (nSPS) is 12.1. The fourth-order valence-electron chi connectivity index (χ4n) is 1.24. The number of nitrogens with zero attached hydrogens (tertiary/aromatic N) is 3. The number of rotatable bonds is 1. The first-order valence-corrected chi connectivity index (χ1v) is 5.29. The van der Waals surface area contributed by atoms with E-state index in [0.29, 0.717) is 10.6 Å². The molecular weight excluding hydrogens is 239 g/mol. The van der Waals surface area contributed by atoms with Crippen molar-refractivity contribution in [1.82, 2.24) is 14.8 Å². The second kappa shape index (κ2) is 3.58. The van der Waals surface area contributed by atoms with E-state index in [1.165, 1.54) is 6.20 Å². The monoisotopic (exact) mass is 247 g/mol. The van der Waals surface area contributed by atoms with Gasteiger partial charge in [-0.15, -0.1) is 11.3 Å². The molecular formula is C9H8F3N3S. The van der Waals surface area contributed by atoms with Gasteiger partial charge in [-0.1, -0.05) is 0 Å². The summed E-state index contributed by atoms with van der Waals surface area (Å²) in [6.07, 6.45) is -2.86. The minimum absolute atomic E-state index is 0.345. The number of alkyl halides is 3. The molecule has 86 valence electrons. The van der Waals surface area contributed by atoms with Gasteiger partial charge in [-0.3, -0.25) is 4.68 Å². The highest BCUT2D eigenvalue weighted by molar-refractivity contribution is 7.13. The molecule has 0 spiro atoms. The van der Waals surface area contributed by atoms with Crippen molar-refractivity contribution in [3.05, 3.63) is 23.0 Å². The van der Waals surface area contributed by atoms with Crippen molar-refractivity contribution in [2.24, 2.45) is 7.05 Å². The Labute approximate surface area is 93.5 Å². The molecule has 2 aromatic rings. The van der Waals surface area contributed by atoms with E-state index in [4.69, 9.17) is 0 Å². The van der Waals surface area contributed by atoms with E-state index < -0.39 is 11.9 Å². The molecule has 0 bridgehead atoms. The molecule has 0 aliphatic heterocycles. The van der Waals surface area contributed by atoms with Crippen molar-refractivity contribution in [2.75, 3.05) is 0 Å². The van der Waals surface area contributed by atoms with Gasteiger partial charge in [0.05, 0.1) is 11.8 Å². The molecule has 16 heavy (non-hydrogen) atoms. The largest absolute Gasteiger partial charge is 0.434 e. The molecule has 0 fully saturated rings. The Balaban J connectivity index is 2.43. The van der Waals surface area contributed by atoms with Crippen LogP contribution in [0.15, 0.2) is 11.6 Å². The summed E-state index contributed by atoms with van der Waals surface area (Å²) in [6.45, 7) is 1.79. The lowest BCUT2D eigenvalue weighted by Crippen LogP contribution is -2.04. The Morgan fingerprint density at radius 2 is 2.06 bits per heavy atom. The van der Waals surface area contributed by atoms with Gasteiger partial charge in [-0.05, 0) is 6.92 Å². The van der Waals surface area contributed by atoms with Crippen LogP contribution >= 0.6 is 11.3 Å². The molecule has 2 aromatic heterocycles. The van der Waals surface area contributed by atoms with Crippen LogP contribution in [-0.4, -0.2) is 14.8 Å². The first-order valence-electron chi connectivity index (χ1n) is 4.41. The number of thiazole rings is 1. The van der Waals surface area contributed by atoms with E-state index in [1.807, 2.05) is 0 Å². The van der Waals surface area contributed by atoms with Crippen LogP contribution in [0.3, 0.4) is 0 Å². The summed E-state index contributed by atoms with van der Waals surface area (Å²) in [7, 11) is 1.73. The highest BCUT2D eigenvalue weighted by atomic mass is 32.1. The molecule has 7 heteroatoms. The number of aromatic nitrogens is 3. The van der Waals surface area contributed by atoms with Crippen molar-refractivity contribution in [3.8, 4) is 10.6 Å². The average molecular weight is 247 g/mol. The molecule has 0 aliphatic rings. The van der Waals surface area contributed by atoms with E-state index in [0.717, 1.165) is 22.4 Å². The molecule has 3 nitrogen and oxygen atoms in total. The minimum Gasteiger partial charge on any atom is -0.272 e. The quantitative estimate of drug-likeness (QED) is 0.775. The van der Waals surface area contributed by atoms with E-state index in [2.05, 4.69) is 10.1 Å². The summed E-state index contributed by atoms with van der Waals surface area (Å²) in [4.78, 5) is 3.57.